The maximum absolute atomic E-state index is 9.36. The summed E-state index contributed by atoms with van der Waals surface area (Å²) in [7, 11) is 0. The first kappa shape index (κ1) is 20.3. The number of hydrogen-bond acceptors (Lipinski definition) is 8. The first-order valence-electron chi connectivity index (χ1n) is 9.63. The van der Waals surface area contributed by atoms with Gasteiger partial charge in [-0.15, -0.1) is 0 Å². The van der Waals surface area contributed by atoms with Crippen LogP contribution in [-0.2, 0) is 11.3 Å². The van der Waals surface area contributed by atoms with Crippen LogP contribution < -0.4 is 10.1 Å². The van der Waals surface area contributed by atoms with Crippen LogP contribution in [0.5, 0.6) is 5.75 Å². The summed E-state index contributed by atoms with van der Waals surface area (Å²) in [5, 5.41) is 13.2. The lowest BCUT2D eigenvalue weighted by Gasteiger charge is -2.26. The number of nitrogens with zero attached hydrogens (tertiary/aromatic N) is 3. The van der Waals surface area contributed by atoms with Gasteiger partial charge in [-0.05, 0) is 36.4 Å². The highest BCUT2D eigenvalue weighted by molar-refractivity contribution is 6.30. The molecule has 0 atom stereocenters. The fourth-order valence-corrected chi connectivity index (χ4v) is 3.16. The number of nitriles is 1. The van der Waals surface area contributed by atoms with Crippen LogP contribution >= 0.6 is 11.6 Å². The SMILES string of the molecule is N#Cc1nc(-c2ccc(COc3ccc(Cl)cc3)o2)oc1NCCN1CCOCC1. The zero-order valence-corrected chi connectivity index (χ0v) is 17.0. The van der Waals surface area contributed by atoms with Crippen LogP contribution in [0.2, 0.25) is 5.02 Å². The summed E-state index contributed by atoms with van der Waals surface area (Å²) in [5.41, 5.74) is 0.197. The summed E-state index contributed by atoms with van der Waals surface area (Å²) in [6, 6.07) is 12.7. The first-order valence-corrected chi connectivity index (χ1v) is 10.0. The van der Waals surface area contributed by atoms with Crippen molar-refractivity contribution < 1.29 is 18.3 Å². The predicted octanol–water partition coefficient (Wildman–Crippen LogP) is 3.78. The van der Waals surface area contributed by atoms with E-state index in [9.17, 15) is 5.26 Å². The van der Waals surface area contributed by atoms with E-state index in [4.69, 9.17) is 29.9 Å². The Hall–Kier alpha value is -2.99. The molecule has 1 fully saturated rings. The second-order valence-corrected chi connectivity index (χ2v) is 7.13. The van der Waals surface area contributed by atoms with Gasteiger partial charge in [0.25, 0.3) is 5.89 Å². The third kappa shape index (κ3) is 5.13. The Morgan fingerprint density at radius 3 is 2.70 bits per heavy atom. The highest BCUT2D eigenvalue weighted by Gasteiger charge is 2.18. The van der Waals surface area contributed by atoms with Gasteiger partial charge in [0.2, 0.25) is 11.6 Å². The van der Waals surface area contributed by atoms with E-state index in [1.807, 2.05) is 0 Å². The average molecular weight is 429 g/mol. The zero-order valence-electron chi connectivity index (χ0n) is 16.3. The van der Waals surface area contributed by atoms with Crippen molar-refractivity contribution in [3.8, 4) is 23.5 Å². The number of anilines is 1. The normalized spacial score (nSPS) is 14.4. The summed E-state index contributed by atoms with van der Waals surface area (Å²) < 4.78 is 22.5. The molecule has 9 heteroatoms. The number of benzene rings is 1. The van der Waals surface area contributed by atoms with Crippen molar-refractivity contribution in [3.05, 3.63) is 52.9 Å². The van der Waals surface area contributed by atoms with Gasteiger partial charge in [-0.3, -0.25) is 4.90 Å². The highest BCUT2D eigenvalue weighted by Crippen LogP contribution is 2.27. The summed E-state index contributed by atoms with van der Waals surface area (Å²) in [4.78, 5) is 6.52. The van der Waals surface area contributed by atoms with E-state index in [0.29, 0.717) is 34.7 Å². The lowest BCUT2D eigenvalue weighted by molar-refractivity contribution is 0.0398. The van der Waals surface area contributed by atoms with Gasteiger partial charge in [-0.25, -0.2) is 0 Å². The number of morpholine rings is 1. The number of oxazole rings is 1. The Morgan fingerprint density at radius 1 is 1.13 bits per heavy atom. The van der Waals surface area contributed by atoms with Crippen molar-refractivity contribution in [1.82, 2.24) is 9.88 Å². The number of furan rings is 1. The maximum Gasteiger partial charge on any atom is 0.266 e. The monoisotopic (exact) mass is 428 g/mol. The van der Waals surface area contributed by atoms with Gasteiger partial charge in [0, 0.05) is 31.2 Å². The standard InChI is InChI=1S/C21H21ClN4O4/c22-15-1-3-16(4-2-15)28-14-17-5-6-19(29-17)21-25-18(13-23)20(30-21)24-7-8-26-9-11-27-12-10-26/h1-6,24H,7-12,14H2. The molecule has 1 aromatic carbocycles. The Labute approximate surface area is 179 Å². The van der Waals surface area contributed by atoms with Crippen molar-refractivity contribution in [3.63, 3.8) is 0 Å². The predicted molar refractivity (Wildman–Crippen MR) is 110 cm³/mol. The van der Waals surface area contributed by atoms with E-state index in [0.717, 1.165) is 32.8 Å². The quantitative estimate of drug-likeness (QED) is 0.579. The number of ether oxygens (including phenoxy) is 2. The number of aromatic nitrogens is 1. The molecule has 0 saturated carbocycles. The molecule has 1 N–H and O–H groups in total. The van der Waals surface area contributed by atoms with Crippen molar-refractivity contribution in [2.24, 2.45) is 0 Å². The van der Waals surface area contributed by atoms with Crippen LogP contribution in [0.3, 0.4) is 0 Å². The van der Waals surface area contributed by atoms with Crippen molar-refractivity contribution >= 4 is 17.5 Å². The highest BCUT2D eigenvalue weighted by atomic mass is 35.5. The van der Waals surface area contributed by atoms with Crippen molar-refractivity contribution in [2.75, 3.05) is 44.7 Å². The average Bonchev–Trinajstić information content (AvgIpc) is 3.41. The molecular formula is C21H21ClN4O4. The second-order valence-electron chi connectivity index (χ2n) is 6.70. The molecule has 8 nitrogen and oxygen atoms in total. The fourth-order valence-electron chi connectivity index (χ4n) is 3.03. The smallest absolute Gasteiger partial charge is 0.266 e. The van der Waals surface area contributed by atoms with Crippen LogP contribution in [0.25, 0.3) is 11.7 Å². The lowest BCUT2D eigenvalue weighted by atomic mass is 10.3. The van der Waals surface area contributed by atoms with Gasteiger partial charge < -0.3 is 23.6 Å². The van der Waals surface area contributed by atoms with Crippen LogP contribution in [0.4, 0.5) is 5.88 Å². The molecule has 0 spiro atoms. The van der Waals surface area contributed by atoms with Crippen LogP contribution in [0.1, 0.15) is 11.5 Å². The van der Waals surface area contributed by atoms with Gasteiger partial charge in [0.1, 0.15) is 24.2 Å². The largest absolute Gasteiger partial charge is 0.486 e. The maximum atomic E-state index is 9.36. The summed E-state index contributed by atoms with van der Waals surface area (Å²) in [6.07, 6.45) is 0. The van der Waals surface area contributed by atoms with Crippen molar-refractivity contribution in [2.45, 2.75) is 6.61 Å². The molecule has 0 unspecified atom stereocenters. The number of rotatable bonds is 8. The summed E-state index contributed by atoms with van der Waals surface area (Å²) >= 11 is 5.87. The zero-order chi connectivity index (χ0) is 20.8. The molecule has 4 rings (SSSR count). The van der Waals surface area contributed by atoms with Crippen LogP contribution in [-0.4, -0.2) is 49.3 Å². The Kier molecular flexibility index (Phi) is 6.54. The minimum absolute atomic E-state index is 0.197. The molecule has 156 valence electrons. The fraction of sp³-hybridized carbons (Fsp3) is 0.333. The molecule has 0 aliphatic carbocycles. The molecule has 2 aromatic heterocycles. The van der Waals surface area contributed by atoms with Crippen molar-refractivity contribution in [1.29, 1.82) is 5.26 Å². The number of halogens is 1. The minimum Gasteiger partial charge on any atom is -0.486 e. The third-order valence-electron chi connectivity index (χ3n) is 4.62. The van der Waals surface area contributed by atoms with Gasteiger partial charge in [0.15, 0.2) is 5.76 Å². The van der Waals surface area contributed by atoms with Gasteiger partial charge in [-0.2, -0.15) is 10.2 Å². The molecule has 1 saturated heterocycles. The molecule has 0 radical (unpaired) electrons. The van der Waals surface area contributed by atoms with Gasteiger partial charge in [0.05, 0.1) is 13.2 Å². The van der Waals surface area contributed by atoms with Gasteiger partial charge in [-0.1, -0.05) is 11.6 Å². The molecule has 3 aromatic rings. The van der Waals surface area contributed by atoms with E-state index < -0.39 is 0 Å². The van der Waals surface area contributed by atoms with E-state index in [-0.39, 0.29) is 18.2 Å². The van der Waals surface area contributed by atoms with E-state index in [1.54, 1.807) is 36.4 Å². The molecule has 1 aliphatic heterocycles. The summed E-state index contributed by atoms with van der Waals surface area (Å²) in [6.45, 7) is 5.03. The Bertz CT molecular complexity index is 1000. The Morgan fingerprint density at radius 2 is 1.93 bits per heavy atom. The number of nitrogens with one attached hydrogen (secondary N) is 1. The molecule has 1 aliphatic rings. The molecule has 0 bridgehead atoms. The van der Waals surface area contributed by atoms with Crippen LogP contribution in [0.15, 0.2) is 45.2 Å². The number of hydrogen-bond donors (Lipinski definition) is 1. The molecular weight excluding hydrogens is 408 g/mol. The minimum atomic E-state index is 0.197. The third-order valence-corrected chi connectivity index (χ3v) is 4.87. The lowest BCUT2D eigenvalue weighted by Crippen LogP contribution is -2.39. The van der Waals surface area contributed by atoms with Crippen LogP contribution in [0, 0.1) is 11.3 Å². The molecule has 3 heterocycles. The second kappa shape index (κ2) is 9.67. The first-order chi connectivity index (χ1) is 14.7. The molecule has 30 heavy (non-hydrogen) atoms. The summed E-state index contributed by atoms with van der Waals surface area (Å²) in [5.74, 6) is 2.32. The van der Waals surface area contributed by atoms with E-state index in [1.165, 1.54) is 0 Å². The van der Waals surface area contributed by atoms with E-state index >= 15 is 0 Å². The Balaban J connectivity index is 1.35. The topological polar surface area (TPSA) is 96.7 Å². The molecule has 0 amide bonds. The van der Waals surface area contributed by atoms with Gasteiger partial charge >= 0.3 is 0 Å². The van der Waals surface area contributed by atoms with E-state index in [2.05, 4.69) is 21.3 Å².